The van der Waals surface area contributed by atoms with Crippen molar-refractivity contribution in [2.75, 3.05) is 31.2 Å². The van der Waals surface area contributed by atoms with Crippen molar-refractivity contribution in [2.45, 2.75) is 31.8 Å². The van der Waals surface area contributed by atoms with E-state index in [2.05, 4.69) is 4.90 Å². The second-order valence-corrected chi connectivity index (χ2v) is 5.95. The molecule has 3 rings (SSSR count). The maximum Gasteiger partial charge on any atom is 0.148 e. The molecule has 5 heteroatoms. The van der Waals surface area contributed by atoms with Crippen molar-refractivity contribution in [3.8, 4) is 5.75 Å². The average Bonchev–Trinajstić information content (AvgIpc) is 3.19. The van der Waals surface area contributed by atoms with Crippen molar-refractivity contribution in [3.05, 3.63) is 23.0 Å². The summed E-state index contributed by atoms with van der Waals surface area (Å²) < 4.78 is 25.2. The average molecular weight is 300 g/mol. The number of anilines is 1. The Morgan fingerprint density at radius 2 is 2.10 bits per heavy atom. The van der Waals surface area contributed by atoms with Crippen LogP contribution in [-0.2, 0) is 4.74 Å². The summed E-state index contributed by atoms with van der Waals surface area (Å²) in [5.74, 6) is 0.277. The Labute approximate surface area is 123 Å². The summed E-state index contributed by atoms with van der Waals surface area (Å²) in [6.07, 6.45) is 2.81. The molecule has 2 heterocycles. The number of rotatable bonds is 4. The number of hydrogen-bond acceptors (Lipinski definition) is 3. The van der Waals surface area contributed by atoms with E-state index in [9.17, 15) is 4.39 Å². The lowest BCUT2D eigenvalue weighted by molar-refractivity contribution is 0.258. The van der Waals surface area contributed by atoms with Crippen LogP contribution in [0.25, 0.3) is 0 Å². The molecule has 3 nitrogen and oxygen atoms in total. The van der Waals surface area contributed by atoms with Gasteiger partial charge in [0.1, 0.15) is 11.6 Å². The van der Waals surface area contributed by atoms with Gasteiger partial charge in [0.05, 0.1) is 29.5 Å². The summed E-state index contributed by atoms with van der Waals surface area (Å²) in [5.41, 5.74) is 0.678. The molecular weight excluding hydrogens is 281 g/mol. The molecule has 2 fully saturated rings. The van der Waals surface area contributed by atoms with Crippen molar-refractivity contribution >= 4 is 17.3 Å². The molecule has 0 aromatic heterocycles. The van der Waals surface area contributed by atoms with Crippen molar-refractivity contribution < 1.29 is 13.9 Å². The van der Waals surface area contributed by atoms with Crippen molar-refractivity contribution in [1.29, 1.82) is 0 Å². The molecule has 0 N–H and O–H groups in total. The molecule has 0 bridgehead atoms. The zero-order valence-electron chi connectivity index (χ0n) is 11.6. The Morgan fingerprint density at radius 1 is 1.40 bits per heavy atom. The molecule has 0 radical (unpaired) electrons. The van der Waals surface area contributed by atoms with Gasteiger partial charge in [-0.2, -0.15) is 0 Å². The predicted molar refractivity (Wildman–Crippen MR) is 77.3 cm³/mol. The highest BCUT2D eigenvalue weighted by atomic mass is 35.5. The highest BCUT2D eigenvalue weighted by molar-refractivity contribution is 6.32. The minimum atomic E-state index is -0.286. The second-order valence-electron chi connectivity index (χ2n) is 5.54. The smallest absolute Gasteiger partial charge is 0.148 e. The Kier molecular flexibility index (Phi) is 3.78. The first kappa shape index (κ1) is 14.0. The minimum Gasteiger partial charge on any atom is -0.492 e. The van der Waals surface area contributed by atoms with Crippen LogP contribution in [0, 0.1) is 5.82 Å². The van der Waals surface area contributed by atoms with Crippen LogP contribution in [0.15, 0.2) is 12.1 Å². The highest BCUT2D eigenvalue weighted by Crippen LogP contribution is 2.40. The Hall–Kier alpha value is -1.00. The molecule has 0 saturated carbocycles. The molecule has 0 unspecified atom stereocenters. The van der Waals surface area contributed by atoms with E-state index < -0.39 is 0 Å². The number of nitrogens with zero attached hydrogens (tertiary/aromatic N) is 1. The fraction of sp³-hybridized carbons (Fsp3) is 0.600. The van der Waals surface area contributed by atoms with Gasteiger partial charge in [-0.1, -0.05) is 18.5 Å². The van der Waals surface area contributed by atoms with E-state index in [0.29, 0.717) is 23.1 Å². The van der Waals surface area contributed by atoms with Crippen molar-refractivity contribution in [1.82, 2.24) is 0 Å². The highest BCUT2D eigenvalue weighted by Gasteiger charge is 2.46. The molecule has 1 spiro atoms. The molecule has 0 aliphatic carbocycles. The summed E-state index contributed by atoms with van der Waals surface area (Å²) in [4.78, 5) is 2.05. The van der Waals surface area contributed by atoms with Crippen LogP contribution in [0.4, 0.5) is 10.1 Å². The van der Waals surface area contributed by atoms with Gasteiger partial charge in [-0.25, -0.2) is 4.39 Å². The van der Waals surface area contributed by atoms with Crippen LogP contribution < -0.4 is 9.64 Å². The number of piperidine rings is 1. The van der Waals surface area contributed by atoms with E-state index in [0.717, 1.165) is 39.0 Å². The first-order valence-corrected chi connectivity index (χ1v) is 7.52. The van der Waals surface area contributed by atoms with E-state index >= 15 is 0 Å². The SMILES string of the molecule is CCCOc1cc(N2CCC3(CC2)CO3)c(F)cc1Cl. The van der Waals surface area contributed by atoms with E-state index in [1.807, 2.05) is 6.92 Å². The maximum absolute atomic E-state index is 14.1. The van der Waals surface area contributed by atoms with Gasteiger partial charge >= 0.3 is 0 Å². The molecule has 0 amide bonds. The monoisotopic (exact) mass is 299 g/mol. The quantitative estimate of drug-likeness (QED) is 0.794. The number of hydrogen-bond donors (Lipinski definition) is 0. The van der Waals surface area contributed by atoms with Gasteiger partial charge in [0.25, 0.3) is 0 Å². The van der Waals surface area contributed by atoms with Gasteiger partial charge in [0.2, 0.25) is 0 Å². The van der Waals surface area contributed by atoms with Crippen LogP contribution in [0.1, 0.15) is 26.2 Å². The molecule has 110 valence electrons. The summed E-state index contributed by atoms with van der Waals surface area (Å²) in [6.45, 7) is 5.09. The fourth-order valence-electron chi connectivity index (χ4n) is 2.63. The van der Waals surface area contributed by atoms with Gasteiger partial charge in [-0.3, -0.25) is 0 Å². The van der Waals surface area contributed by atoms with Gasteiger partial charge in [-0.15, -0.1) is 0 Å². The van der Waals surface area contributed by atoms with Crippen molar-refractivity contribution in [2.24, 2.45) is 0 Å². The molecular formula is C15H19ClFNO2. The lowest BCUT2D eigenvalue weighted by Crippen LogP contribution is -2.38. The van der Waals surface area contributed by atoms with Crippen LogP contribution in [0.3, 0.4) is 0 Å². The molecule has 20 heavy (non-hydrogen) atoms. The molecule has 2 aliphatic rings. The van der Waals surface area contributed by atoms with Crippen LogP contribution in [-0.4, -0.2) is 31.9 Å². The molecule has 2 saturated heterocycles. The van der Waals surface area contributed by atoms with Gasteiger partial charge < -0.3 is 14.4 Å². The molecule has 1 aromatic rings. The second kappa shape index (κ2) is 5.41. The topological polar surface area (TPSA) is 25.0 Å². The lowest BCUT2D eigenvalue weighted by Gasteiger charge is -2.32. The third kappa shape index (κ3) is 2.72. The zero-order valence-corrected chi connectivity index (χ0v) is 12.4. The minimum absolute atomic E-state index is 0.0982. The normalized spacial score (nSPS) is 20.2. The summed E-state index contributed by atoms with van der Waals surface area (Å²) in [6, 6.07) is 3.07. The number of halogens is 2. The fourth-order valence-corrected chi connectivity index (χ4v) is 2.83. The van der Waals surface area contributed by atoms with E-state index in [-0.39, 0.29) is 11.4 Å². The van der Waals surface area contributed by atoms with Crippen molar-refractivity contribution in [3.63, 3.8) is 0 Å². The molecule has 2 aliphatic heterocycles. The number of benzene rings is 1. The first-order chi connectivity index (χ1) is 9.63. The number of epoxide rings is 1. The van der Waals surface area contributed by atoms with Gasteiger partial charge in [0.15, 0.2) is 0 Å². The van der Waals surface area contributed by atoms with Crippen LogP contribution in [0.5, 0.6) is 5.75 Å². The summed E-state index contributed by atoms with van der Waals surface area (Å²) in [7, 11) is 0. The lowest BCUT2D eigenvalue weighted by atomic mass is 9.97. The largest absolute Gasteiger partial charge is 0.492 e. The van der Waals surface area contributed by atoms with Crippen LogP contribution in [0.2, 0.25) is 5.02 Å². The third-order valence-electron chi connectivity index (χ3n) is 4.03. The third-order valence-corrected chi connectivity index (χ3v) is 4.33. The number of ether oxygens (including phenoxy) is 2. The Bertz CT molecular complexity index is 495. The van der Waals surface area contributed by atoms with E-state index in [4.69, 9.17) is 21.1 Å². The predicted octanol–water partition coefficient (Wildman–Crippen LogP) is 3.64. The first-order valence-electron chi connectivity index (χ1n) is 7.14. The van der Waals surface area contributed by atoms with E-state index in [1.165, 1.54) is 6.07 Å². The molecule has 1 aromatic carbocycles. The van der Waals surface area contributed by atoms with Gasteiger partial charge in [0, 0.05) is 19.2 Å². The van der Waals surface area contributed by atoms with E-state index in [1.54, 1.807) is 6.07 Å². The zero-order chi connectivity index (χ0) is 14.2. The Morgan fingerprint density at radius 3 is 2.70 bits per heavy atom. The van der Waals surface area contributed by atoms with Crippen LogP contribution >= 0.6 is 11.6 Å². The Balaban J connectivity index is 1.77. The standard InChI is InChI=1S/C15H19ClFNO2/c1-2-7-19-14-9-13(12(17)8-11(14)16)18-5-3-15(4-6-18)10-20-15/h8-9H,2-7,10H2,1H3. The maximum atomic E-state index is 14.1. The summed E-state index contributed by atoms with van der Waals surface area (Å²) in [5, 5.41) is 0.332. The summed E-state index contributed by atoms with van der Waals surface area (Å²) >= 11 is 6.03. The van der Waals surface area contributed by atoms with Gasteiger partial charge in [-0.05, 0) is 25.3 Å². The molecule has 0 atom stereocenters.